The van der Waals surface area contributed by atoms with Crippen LogP contribution in [0, 0.1) is 5.92 Å². The summed E-state index contributed by atoms with van der Waals surface area (Å²) in [5.74, 6) is 0.183. The minimum Gasteiger partial charge on any atom is -0.383 e. The van der Waals surface area contributed by atoms with Crippen LogP contribution in [0.5, 0.6) is 0 Å². The first-order valence-corrected chi connectivity index (χ1v) is 5.94. The van der Waals surface area contributed by atoms with E-state index in [1.807, 2.05) is 13.8 Å². The molecule has 0 rings (SSSR count). The Bertz CT molecular complexity index is 234. The second-order valence-electron chi connectivity index (χ2n) is 4.08. The number of hydrogen-bond acceptors (Lipinski definition) is 4. The van der Waals surface area contributed by atoms with E-state index < -0.39 is 0 Å². The number of nitrogens with one attached hydrogen (secondary N) is 1. The lowest BCUT2D eigenvalue weighted by molar-refractivity contribution is -0.123. The van der Waals surface area contributed by atoms with E-state index in [0.29, 0.717) is 39.2 Å². The summed E-state index contributed by atoms with van der Waals surface area (Å²) in [6.07, 6.45) is 0.739. The van der Waals surface area contributed by atoms with E-state index in [9.17, 15) is 9.59 Å². The Hall–Kier alpha value is -0.940. The molecule has 102 valence electrons. The Morgan fingerprint density at radius 2 is 1.82 bits per heavy atom. The average Bonchev–Trinajstić information content (AvgIpc) is 2.28. The first-order chi connectivity index (χ1) is 8.07. The molecule has 0 bridgehead atoms. The van der Waals surface area contributed by atoms with Gasteiger partial charge in [-0.1, -0.05) is 13.8 Å². The standard InChI is InChI=1S/C12H23NO4.H2/c1-10(2)11(14)4-7-17-8-5-12(15)13-6-9-16-3;/h10H,4-9H2,1-3H3,(H,13,15);1H. The Balaban J connectivity index is 0. The lowest BCUT2D eigenvalue weighted by Gasteiger charge is -2.06. The van der Waals surface area contributed by atoms with Crippen molar-refractivity contribution in [2.45, 2.75) is 26.7 Å². The quantitative estimate of drug-likeness (QED) is 0.585. The van der Waals surface area contributed by atoms with Crippen molar-refractivity contribution in [3.05, 3.63) is 0 Å². The molecule has 0 saturated carbocycles. The number of carbonyl (C=O) groups is 2. The summed E-state index contributed by atoms with van der Waals surface area (Å²) in [6.45, 7) is 5.50. The molecular formula is C12H25NO4. The Labute approximate surface area is 104 Å². The van der Waals surface area contributed by atoms with Crippen LogP contribution in [0.4, 0.5) is 0 Å². The van der Waals surface area contributed by atoms with Crippen LogP contribution >= 0.6 is 0 Å². The molecule has 0 fully saturated rings. The summed E-state index contributed by atoms with van der Waals surface area (Å²) >= 11 is 0. The topological polar surface area (TPSA) is 64.6 Å². The highest BCUT2D eigenvalue weighted by Crippen LogP contribution is 1.98. The molecule has 0 saturated heterocycles. The zero-order chi connectivity index (χ0) is 13.1. The number of methoxy groups -OCH3 is 1. The van der Waals surface area contributed by atoms with Gasteiger partial charge in [0.25, 0.3) is 0 Å². The maximum atomic E-state index is 11.2. The molecule has 0 spiro atoms. The van der Waals surface area contributed by atoms with Crippen molar-refractivity contribution in [3.63, 3.8) is 0 Å². The molecule has 0 aromatic rings. The van der Waals surface area contributed by atoms with Gasteiger partial charge in [-0.15, -0.1) is 0 Å². The molecule has 0 unspecified atom stereocenters. The predicted molar refractivity (Wildman–Crippen MR) is 66.9 cm³/mol. The third-order valence-electron chi connectivity index (χ3n) is 2.24. The highest BCUT2D eigenvalue weighted by atomic mass is 16.5. The minimum atomic E-state index is -0.0581. The fraction of sp³-hybridized carbons (Fsp3) is 0.833. The lowest BCUT2D eigenvalue weighted by atomic mass is 10.1. The van der Waals surface area contributed by atoms with Gasteiger partial charge in [0.1, 0.15) is 5.78 Å². The Morgan fingerprint density at radius 3 is 2.41 bits per heavy atom. The summed E-state index contributed by atoms with van der Waals surface area (Å²) in [5.41, 5.74) is 0. The molecule has 0 atom stereocenters. The molecule has 1 N–H and O–H groups in total. The second kappa shape index (κ2) is 10.2. The van der Waals surface area contributed by atoms with Crippen molar-refractivity contribution in [1.29, 1.82) is 0 Å². The molecule has 0 aliphatic carbocycles. The third kappa shape index (κ3) is 9.96. The van der Waals surface area contributed by atoms with E-state index in [-0.39, 0.29) is 19.0 Å². The third-order valence-corrected chi connectivity index (χ3v) is 2.24. The Kier molecular flexibility index (Phi) is 9.66. The van der Waals surface area contributed by atoms with Crippen molar-refractivity contribution in [2.75, 3.05) is 33.5 Å². The van der Waals surface area contributed by atoms with E-state index in [0.717, 1.165) is 0 Å². The van der Waals surface area contributed by atoms with Crippen LogP contribution in [0.15, 0.2) is 0 Å². The van der Waals surface area contributed by atoms with Crippen molar-refractivity contribution in [1.82, 2.24) is 5.32 Å². The molecule has 0 aromatic heterocycles. The number of amides is 1. The van der Waals surface area contributed by atoms with Gasteiger partial charge in [-0.2, -0.15) is 0 Å². The fourth-order valence-corrected chi connectivity index (χ4v) is 1.11. The SMILES string of the molecule is COCCNC(=O)CCOCCC(=O)C(C)C.[HH]. The summed E-state index contributed by atoms with van der Waals surface area (Å²) in [4.78, 5) is 22.5. The normalized spacial score (nSPS) is 10.6. The van der Waals surface area contributed by atoms with Crippen molar-refractivity contribution >= 4 is 11.7 Å². The number of ether oxygens (including phenoxy) is 2. The van der Waals surface area contributed by atoms with E-state index in [4.69, 9.17) is 9.47 Å². The number of ketones is 1. The molecule has 17 heavy (non-hydrogen) atoms. The number of Topliss-reactive ketones (excluding diaryl/α,β-unsaturated/α-hetero) is 1. The van der Waals surface area contributed by atoms with Gasteiger partial charge < -0.3 is 14.8 Å². The van der Waals surface area contributed by atoms with E-state index in [1.165, 1.54) is 0 Å². The van der Waals surface area contributed by atoms with Crippen LogP contribution in [0.25, 0.3) is 0 Å². The molecule has 0 heterocycles. The van der Waals surface area contributed by atoms with E-state index in [1.54, 1.807) is 7.11 Å². The molecule has 0 aromatic carbocycles. The zero-order valence-corrected chi connectivity index (χ0v) is 11.0. The molecule has 5 nitrogen and oxygen atoms in total. The second-order valence-corrected chi connectivity index (χ2v) is 4.08. The summed E-state index contributed by atoms with van der Waals surface area (Å²) in [6, 6.07) is 0. The largest absolute Gasteiger partial charge is 0.383 e. The van der Waals surface area contributed by atoms with Crippen LogP contribution in [-0.2, 0) is 19.1 Å². The van der Waals surface area contributed by atoms with E-state index >= 15 is 0 Å². The maximum Gasteiger partial charge on any atom is 0.222 e. The van der Waals surface area contributed by atoms with Crippen LogP contribution in [0.1, 0.15) is 28.1 Å². The number of hydrogen-bond donors (Lipinski definition) is 1. The summed E-state index contributed by atoms with van der Waals surface area (Å²) < 4.78 is 10.0. The molecule has 5 heteroatoms. The van der Waals surface area contributed by atoms with Gasteiger partial charge in [0.2, 0.25) is 5.91 Å². The van der Waals surface area contributed by atoms with Crippen LogP contribution in [-0.4, -0.2) is 45.2 Å². The highest BCUT2D eigenvalue weighted by Gasteiger charge is 2.06. The molecule has 0 aliphatic rings. The fourth-order valence-electron chi connectivity index (χ4n) is 1.11. The van der Waals surface area contributed by atoms with Gasteiger partial charge in [0, 0.05) is 33.8 Å². The number of rotatable bonds is 10. The maximum absolute atomic E-state index is 11.2. The van der Waals surface area contributed by atoms with Crippen LogP contribution < -0.4 is 5.32 Å². The summed E-state index contributed by atoms with van der Waals surface area (Å²) in [7, 11) is 1.58. The minimum absolute atomic E-state index is 0. The lowest BCUT2D eigenvalue weighted by Crippen LogP contribution is -2.27. The first kappa shape index (κ1) is 16.1. The highest BCUT2D eigenvalue weighted by molar-refractivity contribution is 5.80. The van der Waals surface area contributed by atoms with Gasteiger partial charge in [0.15, 0.2) is 0 Å². The predicted octanol–water partition coefficient (Wildman–Crippen LogP) is 1.02. The van der Waals surface area contributed by atoms with Crippen molar-refractivity contribution in [3.8, 4) is 0 Å². The van der Waals surface area contributed by atoms with Gasteiger partial charge in [-0.25, -0.2) is 0 Å². The van der Waals surface area contributed by atoms with Crippen LogP contribution in [0.2, 0.25) is 0 Å². The summed E-state index contributed by atoms with van der Waals surface area (Å²) in [5, 5.41) is 2.69. The zero-order valence-electron chi connectivity index (χ0n) is 11.0. The molecule has 0 aliphatic heterocycles. The molecular weight excluding hydrogens is 222 g/mol. The van der Waals surface area contributed by atoms with Crippen molar-refractivity contribution in [2.24, 2.45) is 5.92 Å². The van der Waals surface area contributed by atoms with Crippen LogP contribution in [0.3, 0.4) is 0 Å². The van der Waals surface area contributed by atoms with Gasteiger partial charge in [-0.05, 0) is 0 Å². The average molecular weight is 247 g/mol. The van der Waals surface area contributed by atoms with E-state index in [2.05, 4.69) is 5.32 Å². The molecule has 0 radical (unpaired) electrons. The van der Waals surface area contributed by atoms with Gasteiger partial charge in [0.05, 0.1) is 19.8 Å². The monoisotopic (exact) mass is 247 g/mol. The smallest absolute Gasteiger partial charge is 0.222 e. The van der Waals surface area contributed by atoms with Gasteiger partial charge in [-0.3, -0.25) is 9.59 Å². The van der Waals surface area contributed by atoms with Gasteiger partial charge >= 0.3 is 0 Å². The van der Waals surface area contributed by atoms with Crippen molar-refractivity contribution < 1.29 is 20.5 Å². The number of carbonyl (C=O) groups excluding carboxylic acids is 2. The first-order valence-electron chi connectivity index (χ1n) is 5.94. The Morgan fingerprint density at radius 1 is 1.18 bits per heavy atom. The molecule has 1 amide bonds.